The van der Waals surface area contributed by atoms with Crippen LogP contribution in [0.2, 0.25) is 5.02 Å². The SMILES string of the molecule is O=C(CN(c1ccccc1)S(=O)(=O)c1ccc(Cl)cc1)N1CCN(C/C=C/c2ccccc2)CC1. The summed E-state index contributed by atoms with van der Waals surface area (Å²) in [5.74, 6) is -0.217. The van der Waals surface area contributed by atoms with Crippen LogP contribution in [0.5, 0.6) is 0 Å². The lowest BCUT2D eigenvalue weighted by Crippen LogP contribution is -2.51. The molecule has 35 heavy (non-hydrogen) atoms. The van der Waals surface area contributed by atoms with Crippen LogP contribution in [0, 0.1) is 0 Å². The van der Waals surface area contributed by atoms with Crippen molar-refractivity contribution in [2.24, 2.45) is 0 Å². The van der Waals surface area contributed by atoms with Crippen LogP contribution in [-0.2, 0) is 14.8 Å². The summed E-state index contributed by atoms with van der Waals surface area (Å²) in [6, 6.07) is 24.8. The van der Waals surface area contributed by atoms with E-state index in [-0.39, 0.29) is 17.3 Å². The van der Waals surface area contributed by atoms with Crippen LogP contribution in [0.4, 0.5) is 5.69 Å². The van der Waals surface area contributed by atoms with E-state index >= 15 is 0 Å². The molecule has 1 aliphatic rings. The van der Waals surface area contributed by atoms with Gasteiger partial charge in [-0.15, -0.1) is 0 Å². The maximum absolute atomic E-state index is 13.4. The molecule has 182 valence electrons. The Kier molecular flexibility index (Phi) is 8.23. The van der Waals surface area contributed by atoms with Crippen LogP contribution in [-0.4, -0.2) is 63.4 Å². The van der Waals surface area contributed by atoms with Crippen molar-refractivity contribution < 1.29 is 13.2 Å². The quantitative estimate of drug-likeness (QED) is 0.452. The zero-order valence-electron chi connectivity index (χ0n) is 19.3. The van der Waals surface area contributed by atoms with Gasteiger partial charge in [-0.1, -0.05) is 72.3 Å². The molecule has 0 spiro atoms. The largest absolute Gasteiger partial charge is 0.339 e. The summed E-state index contributed by atoms with van der Waals surface area (Å²) in [6.07, 6.45) is 4.22. The lowest BCUT2D eigenvalue weighted by atomic mass is 10.2. The van der Waals surface area contributed by atoms with Crippen molar-refractivity contribution in [2.45, 2.75) is 4.90 Å². The van der Waals surface area contributed by atoms with Gasteiger partial charge in [0, 0.05) is 37.7 Å². The third kappa shape index (κ3) is 6.51. The maximum atomic E-state index is 13.4. The van der Waals surface area contributed by atoms with Gasteiger partial charge in [0.05, 0.1) is 10.6 Å². The topological polar surface area (TPSA) is 60.9 Å². The van der Waals surface area contributed by atoms with Crippen molar-refractivity contribution in [1.29, 1.82) is 0 Å². The summed E-state index contributed by atoms with van der Waals surface area (Å²) in [5.41, 5.74) is 1.60. The van der Waals surface area contributed by atoms with Crippen LogP contribution in [0.3, 0.4) is 0 Å². The highest BCUT2D eigenvalue weighted by Crippen LogP contribution is 2.25. The fraction of sp³-hybridized carbons (Fsp3) is 0.222. The molecular weight excluding hydrogens is 482 g/mol. The number of anilines is 1. The summed E-state index contributed by atoms with van der Waals surface area (Å²) < 4.78 is 28.1. The predicted octanol–water partition coefficient (Wildman–Crippen LogP) is 4.39. The summed E-state index contributed by atoms with van der Waals surface area (Å²) in [7, 11) is -3.95. The van der Waals surface area contributed by atoms with Crippen molar-refractivity contribution in [3.63, 3.8) is 0 Å². The van der Waals surface area contributed by atoms with E-state index in [9.17, 15) is 13.2 Å². The molecule has 0 aliphatic carbocycles. The van der Waals surface area contributed by atoms with Gasteiger partial charge in [-0.2, -0.15) is 0 Å². The van der Waals surface area contributed by atoms with Crippen LogP contribution < -0.4 is 4.31 Å². The van der Waals surface area contributed by atoms with Gasteiger partial charge >= 0.3 is 0 Å². The molecule has 0 aromatic heterocycles. The third-order valence-electron chi connectivity index (χ3n) is 5.92. The first-order valence-electron chi connectivity index (χ1n) is 11.5. The van der Waals surface area contributed by atoms with Crippen LogP contribution in [0.25, 0.3) is 6.08 Å². The van der Waals surface area contributed by atoms with E-state index in [1.165, 1.54) is 28.6 Å². The average Bonchev–Trinajstić information content (AvgIpc) is 2.89. The zero-order valence-corrected chi connectivity index (χ0v) is 20.9. The third-order valence-corrected chi connectivity index (χ3v) is 7.96. The lowest BCUT2D eigenvalue weighted by Gasteiger charge is -2.35. The molecule has 1 fully saturated rings. The summed E-state index contributed by atoms with van der Waals surface area (Å²) in [5, 5.41) is 0.447. The van der Waals surface area contributed by atoms with Gasteiger partial charge in [0.25, 0.3) is 10.0 Å². The van der Waals surface area contributed by atoms with E-state index in [2.05, 4.69) is 29.2 Å². The van der Waals surface area contributed by atoms with Gasteiger partial charge in [-0.3, -0.25) is 14.0 Å². The standard InChI is InChI=1S/C27H28ClN3O3S/c28-24-13-15-26(16-14-24)35(33,34)31(25-11-5-2-6-12-25)22-27(32)30-20-18-29(19-21-30)17-7-10-23-8-3-1-4-9-23/h1-16H,17-22H2/b10-7+. The minimum atomic E-state index is -3.95. The molecule has 0 N–H and O–H groups in total. The monoisotopic (exact) mass is 509 g/mol. The van der Waals surface area contributed by atoms with Gasteiger partial charge in [-0.25, -0.2) is 8.42 Å². The highest BCUT2D eigenvalue weighted by atomic mass is 35.5. The average molecular weight is 510 g/mol. The van der Waals surface area contributed by atoms with E-state index in [1.807, 2.05) is 24.3 Å². The Morgan fingerprint density at radius 3 is 2.09 bits per heavy atom. The molecule has 6 nitrogen and oxygen atoms in total. The molecule has 0 radical (unpaired) electrons. The minimum absolute atomic E-state index is 0.0913. The smallest absolute Gasteiger partial charge is 0.264 e. The number of halogens is 1. The molecule has 0 unspecified atom stereocenters. The molecule has 1 aliphatic heterocycles. The molecule has 4 rings (SSSR count). The van der Waals surface area contributed by atoms with E-state index < -0.39 is 10.0 Å². The summed E-state index contributed by atoms with van der Waals surface area (Å²) >= 11 is 5.94. The van der Waals surface area contributed by atoms with E-state index in [0.29, 0.717) is 23.8 Å². The first-order chi connectivity index (χ1) is 16.9. The Morgan fingerprint density at radius 1 is 0.857 bits per heavy atom. The number of carbonyl (C=O) groups is 1. The normalized spacial score (nSPS) is 14.8. The van der Waals surface area contributed by atoms with Crippen molar-refractivity contribution >= 4 is 39.3 Å². The summed E-state index contributed by atoms with van der Waals surface area (Å²) in [6.45, 7) is 3.13. The Balaban J connectivity index is 1.40. The first kappa shape index (κ1) is 25.0. The van der Waals surface area contributed by atoms with Crippen molar-refractivity contribution in [1.82, 2.24) is 9.80 Å². The maximum Gasteiger partial charge on any atom is 0.264 e. The first-order valence-corrected chi connectivity index (χ1v) is 13.3. The Labute approximate surface area is 212 Å². The molecule has 3 aromatic carbocycles. The molecule has 0 bridgehead atoms. The highest BCUT2D eigenvalue weighted by molar-refractivity contribution is 7.92. The number of nitrogens with zero attached hydrogens (tertiary/aromatic N) is 3. The van der Waals surface area contributed by atoms with Crippen molar-refractivity contribution in [3.8, 4) is 0 Å². The number of benzene rings is 3. The molecule has 3 aromatic rings. The number of piperazine rings is 1. The second-order valence-electron chi connectivity index (χ2n) is 8.30. The van der Waals surface area contributed by atoms with Gasteiger partial charge in [0.2, 0.25) is 5.91 Å². The van der Waals surface area contributed by atoms with Crippen molar-refractivity contribution in [2.75, 3.05) is 43.6 Å². The fourth-order valence-electron chi connectivity index (χ4n) is 3.95. The van der Waals surface area contributed by atoms with Crippen LogP contribution >= 0.6 is 11.6 Å². The zero-order chi connectivity index (χ0) is 24.7. The molecule has 0 saturated carbocycles. The number of rotatable bonds is 8. The Bertz CT molecular complexity index is 1240. The molecule has 1 saturated heterocycles. The fourth-order valence-corrected chi connectivity index (χ4v) is 5.49. The van der Waals surface area contributed by atoms with E-state index in [1.54, 1.807) is 29.2 Å². The molecule has 1 heterocycles. The number of carbonyl (C=O) groups excluding carboxylic acids is 1. The number of hydrogen-bond acceptors (Lipinski definition) is 4. The number of amides is 1. The van der Waals surface area contributed by atoms with Gasteiger partial charge < -0.3 is 4.90 Å². The van der Waals surface area contributed by atoms with Crippen LogP contribution in [0.1, 0.15) is 5.56 Å². The second kappa shape index (κ2) is 11.5. The molecule has 0 atom stereocenters. The van der Waals surface area contributed by atoms with E-state index in [4.69, 9.17) is 11.6 Å². The lowest BCUT2D eigenvalue weighted by molar-refractivity contribution is -0.131. The van der Waals surface area contributed by atoms with Gasteiger partial charge in [-0.05, 0) is 42.0 Å². The Hall–Kier alpha value is -3.13. The van der Waals surface area contributed by atoms with Gasteiger partial charge in [0.1, 0.15) is 6.54 Å². The predicted molar refractivity (Wildman–Crippen MR) is 141 cm³/mol. The minimum Gasteiger partial charge on any atom is -0.339 e. The summed E-state index contributed by atoms with van der Waals surface area (Å²) in [4.78, 5) is 17.3. The molecular formula is C27H28ClN3O3S. The van der Waals surface area contributed by atoms with Gasteiger partial charge in [0.15, 0.2) is 0 Å². The molecule has 1 amide bonds. The van der Waals surface area contributed by atoms with E-state index in [0.717, 1.165) is 25.2 Å². The second-order valence-corrected chi connectivity index (χ2v) is 10.6. The number of sulfonamides is 1. The highest BCUT2D eigenvalue weighted by Gasteiger charge is 2.30. The number of hydrogen-bond donors (Lipinski definition) is 0. The number of para-hydroxylation sites is 1. The molecule has 8 heteroatoms. The van der Waals surface area contributed by atoms with Crippen LogP contribution in [0.15, 0.2) is 95.9 Å². The Morgan fingerprint density at radius 2 is 1.46 bits per heavy atom. The van der Waals surface area contributed by atoms with Crippen molar-refractivity contribution in [3.05, 3.63) is 102 Å².